The van der Waals surface area contributed by atoms with E-state index in [1.165, 1.54) is 18.7 Å². The van der Waals surface area contributed by atoms with Crippen LogP contribution in [0.3, 0.4) is 0 Å². The number of nitrogens with zero attached hydrogens (tertiary/aromatic N) is 2. The van der Waals surface area contributed by atoms with Crippen molar-refractivity contribution >= 4 is 28.6 Å². The molecule has 0 bridgehead atoms. The number of carbonyl (C=O) groups excluding carboxylic acids is 2. The zero-order chi connectivity index (χ0) is 13.1. The zero-order valence-electron chi connectivity index (χ0n) is 10.00. The lowest BCUT2D eigenvalue weighted by atomic mass is 10.3. The molecule has 1 aliphatic heterocycles. The predicted molar refractivity (Wildman–Crippen MR) is 69.2 cm³/mol. The second-order valence-corrected chi connectivity index (χ2v) is 5.60. The van der Waals surface area contributed by atoms with Crippen molar-refractivity contribution in [2.45, 2.75) is 25.2 Å². The highest BCUT2D eigenvalue weighted by atomic mass is 32.2. The molecular weight excluding hydrogens is 252 g/mol. The van der Waals surface area contributed by atoms with E-state index in [0.29, 0.717) is 18.8 Å². The highest BCUT2D eigenvalue weighted by Gasteiger charge is 2.32. The Morgan fingerprint density at radius 1 is 1.67 bits per heavy atom. The highest BCUT2D eigenvalue weighted by molar-refractivity contribution is 8.14. The molecule has 1 atom stereocenters. The molecule has 2 heterocycles. The van der Waals surface area contributed by atoms with Crippen LogP contribution in [0.5, 0.6) is 0 Å². The van der Waals surface area contributed by atoms with E-state index in [0.717, 1.165) is 5.56 Å². The maximum absolute atomic E-state index is 11.9. The van der Waals surface area contributed by atoms with E-state index >= 15 is 0 Å². The van der Waals surface area contributed by atoms with E-state index < -0.39 is 0 Å². The Hall–Kier alpha value is -1.40. The molecular formula is C12H14N2O3S. The van der Waals surface area contributed by atoms with Crippen LogP contribution < -0.4 is 4.90 Å². The fraction of sp³-hybridized carbons (Fsp3) is 0.417. The van der Waals surface area contributed by atoms with Crippen LogP contribution in [0.25, 0.3) is 0 Å². The standard InChI is InChI=1S/C12H14N2O3S/c1-8(16)18-10-5-12(17)14(6-10)11-4-9(7-15)2-3-13-11/h2-4,10,15H,5-7H2,1H3. The summed E-state index contributed by atoms with van der Waals surface area (Å²) in [5, 5.41) is 9.08. The summed E-state index contributed by atoms with van der Waals surface area (Å²) < 4.78 is 0. The van der Waals surface area contributed by atoms with Gasteiger partial charge in [-0.05, 0) is 17.7 Å². The minimum Gasteiger partial charge on any atom is -0.392 e. The summed E-state index contributed by atoms with van der Waals surface area (Å²) in [5.41, 5.74) is 0.718. The lowest BCUT2D eigenvalue weighted by molar-refractivity contribution is -0.117. The van der Waals surface area contributed by atoms with Gasteiger partial charge in [-0.15, -0.1) is 0 Å². The number of aromatic nitrogens is 1. The molecule has 0 radical (unpaired) electrons. The second kappa shape index (κ2) is 5.49. The fourth-order valence-corrected chi connectivity index (χ4v) is 2.84. The lowest BCUT2D eigenvalue weighted by Crippen LogP contribution is -2.26. The van der Waals surface area contributed by atoms with Crippen molar-refractivity contribution < 1.29 is 14.7 Å². The van der Waals surface area contributed by atoms with Crippen molar-refractivity contribution in [3.8, 4) is 0 Å². The van der Waals surface area contributed by atoms with E-state index in [2.05, 4.69) is 4.98 Å². The van der Waals surface area contributed by atoms with Gasteiger partial charge in [0.1, 0.15) is 5.82 Å². The maximum Gasteiger partial charge on any atom is 0.229 e. The highest BCUT2D eigenvalue weighted by Crippen LogP contribution is 2.27. The SMILES string of the molecule is CC(=O)SC1CC(=O)N(c2cc(CO)ccn2)C1. The molecule has 2 rings (SSSR count). The quantitative estimate of drug-likeness (QED) is 0.882. The van der Waals surface area contributed by atoms with Gasteiger partial charge in [-0.25, -0.2) is 4.98 Å². The number of hydrogen-bond acceptors (Lipinski definition) is 5. The Morgan fingerprint density at radius 2 is 2.44 bits per heavy atom. The number of pyridine rings is 1. The van der Waals surface area contributed by atoms with Crippen LogP contribution in [0.1, 0.15) is 18.9 Å². The normalized spacial score (nSPS) is 19.3. The van der Waals surface area contributed by atoms with E-state index in [9.17, 15) is 9.59 Å². The summed E-state index contributed by atoms with van der Waals surface area (Å²) in [7, 11) is 0. The Bertz CT molecular complexity index is 478. The minimum atomic E-state index is -0.0802. The molecule has 1 unspecified atom stereocenters. The van der Waals surface area contributed by atoms with Gasteiger partial charge in [0.2, 0.25) is 5.91 Å². The molecule has 5 nitrogen and oxygen atoms in total. The molecule has 18 heavy (non-hydrogen) atoms. The Labute approximate surface area is 109 Å². The van der Waals surface area contributed by atoms with Crippen molar-refractivity contribution in [2.75, 3.05) is 11.4 Å². The van der Waals surface area contributed by atoms with Crippen LogP contribution in [-0.4, -0.2) is 32.9 Å². The molecule has 0 aliphatic carbocycles. The van der Waals surface area contributed by atoms with Crippen molar-refractivity contribution in [1.82, 2.24) is 4.98 Å². The Kier molecular flexibility index (Phi) is 3.98. The van der Waals surface area contributed by atoms with Gasteiger partial charge in [-0.1, -0.05) is 11.8 Å². The summed E-state index contributed by atoms with van der Waals surface area (Å²) in [6.07, 6.45) is 1.93. The first-order valence-corrected chi connectivity index (χ1v) is 6.51. The number of amides is 1. The Morgan fingerprint density at radius 3 is 3.11 bits per heavy atom. The van der Waals surface area contributed by atoms with Crippen LogP contribution in [0, 0.1) is 0 Å². The molecule has 1 aromatic rings. The van der Waals surface area contributed by atoms with Gasteiger partial charge in [0.15, 0.2) is 5.12 Å². The summed E-state index contributed by atoms with van der Waals surface area (Å²) in [6, 6.07) is 3.39. The van der Waals surface area contributed by atoms with E-state index in [-0.39, 0.29) is 22.9 Å². The number of hydrogen-bond donors (Lipinski definition) is 1. The molecule has 6 heteroatoms. The first-order chi connectivity index (χ1) is 8.60. The monoisotopic (exact) mass is 266 g/mol. The number of rotatable bonds is 3. The van der Waals surface area contributed by atoms with E-state index in [1.54, 1.807) is 23.2 Å². The third-order valence-electron chi connectivity index (χ3n) is 2.69. The number of carbonyl (C=O) groups is 2. The average molecular weight is 266 g/mol. The summed E-state index contributed by atoms with van der Waals surface area (Å²) in [4.78, 5) is 28.6. The number of thioether (sulfide) groups is 1. The minimum absolute atomic E-state index is 0.00502. The van der Waals surface area contributed by atoms with Gasteiger partial charge in [0, 0.05) is 31.3 Å². The molecule has 1 saturated heterocycles. The van der Waals surface area contributed by atoms with Gasteiger partial charge in [0.05, 0.1) is 6.61 Å². The smallest absolute Gasteiger partial charge is 0.229 e. The zero-order valence-corrected chi connectivity index (χ0v) is 10.8. The van der Waals surface area contributed by atoms with Gasteiger partial charge < -0.3 is 5.11 Å². The summed E-state index contributed by atoms with van der Waals surface area (Å²) >= 11 is 1.20. The first kappa shape index (κ1) is 13.0. The second-order valence-electron chi connectivity index (χ2n) is 4.12. The number of anilines is 1. The Balaban J connectivity index is 2.13. The molecule has 1 amide bonds. The molecule has 0 aromatic carbocycles. The first-order valence-electron chi connectivity index (χ1n) is 5.63. The van der Waals surface area contributed by atoms with Crippen molar-refractivity contribution in [3.63, 3.8) is 0 Å². The molecule has 1 fully saturated rings. The van der Waals surface area contributed by atoms with Gasteiger partial charge in [-0.3, -0.25) is 14.5 Å². The van der Waals surface area contributed by atoms with E-state index in [1.807, 2.05) is 0 Å². The maximum atomic E-state index is 11.9. The third kappa shape index (κ3) is 2.88. The largest absolute Gasteiger partial charge is 0.392 e. The van der Waals surface area contributed by atoms with Crippen molar-refractivity contribution in [3.05, 3.63) is 23.9 Å². The molecule has 1 aromatic heterocycles. The summed E-state index contributed by atoms with van der Waals surface area (Å²) in [5.74, 6) is 0.509. The number of aliphatic hydroxyl groups excluding tert-OH is 1. The van der Waals surface area contributed by atoms with Crippen LogP contribution in [0.4, 0.5) is 5.82 Å². The molecule has 0 saturated carbocycles. The van der Waals surface area contributed by atoms with Crippen molar-refractivity contribution in [1.29, 1.82) is 0 Å². The molecule has 96 valence electrons. The molecule has 1 N–H and O–H groups in total. The van der Waals surface area contributed by atoms with Crippen LogP contribution in [0.15, 0.2) is 18.3 Å². The van der Waals surface area contributed by atoms with Crippen LogP contribution in [-0.2, 0) is 16.2 Å². The topological polar surface area (TPSA) is 70.5 Å². The molecule has 1 aliphatic rings. The number of aliphatic hydroxyl groups is 1. The van der Waals surface area contributed by atoms with Crippen LogP contribution >= 0.6 is 11.8 Å². The fourth-order valence-electron chi connectivity index (χ4n) is 1.92. The van der Waals surface area contributed by atoms with Crippen LogP contribution in [0.2, 0.25) is 0 Å². The third-order valence-corrected chi connectivity index (χ3v) is 3.67. The van der Waals surface area contributed by atoms with Gasteiger partial charge >= 0.3 is 0 Å². The van der Waals surface area contributed by atoms with Crippen molar-refractivity contribution in [2.24, 2.45) is 0 Å². The predicted octanol–water partition coefficient (Wildman–Crippen LogP) is 0.959. The molecule has 0 spiro atoms. The summed E-state index contributed by atoms with van der Waals surface area (Å²) in [6.45, 7) is 1.91. The van der Waals surface area contributed by atoms with Gasteiger partial charge in [0.25, 0.3) is 0 Å². The lowest BCUT2D eigenvalue weighted by Gasteiger charge is -2.15. The van der Waals surface area contributed by atoms with E-state index in [4.69, 9.17) is 5.11 Å². The average Bonchev–Trinajstić information content (AvgIpc) is 2.69. The van der Waals surface area contributed by atoms with Gasteiger partial charge in [-0.2, -0.15) is 0 Å².